The van der Waals surface area contributed by atoms with Crippen LogP contribution in [0.3, 0.4) is 0 Å². The second-order valence-corrected chi connectivity index (χ2v) is 7.71. The van der Waals surface area contributed by atoms with Gasteiger partial charge in [0.15, 0.2) is 5.82 Å². The van der Waals surface area contributed by atoms with Gasteiger partial charge in [-0.3, -0.25) is 9.69 Å². The van der Waals surface area contributed by atoms with Gasteiger partial charge in [0.1, 0.15) is 5.76 Å². The maximum Gasteiger partial charge on any atom is 0.228 e. The number of oxazole rings is 1. The van der Waals surface area contributed by atoms with E-state index in [-0.39, 0.29) is 11.7 Å². The number of imidazole rings is 1. The number of piperidine rings is 1. The van der Waals surface area contributed by atoms with Gasteiger partial charge in [0.2, 0.25) is 11.7 Å². The van der Waals surface area contributed by atoms with E-state index >= 15 is 0 Å². The molecule has 0 radical (unpaired) electrons. The summed E-state index contributed by atoms with van der Waals surface area (Å²) in [5.41, 5.74) is 1.68. The van der Waals surface area contributed by atoms with E-state index in [1.807, 2.05) is 44.4 Å². The first-order valence-corrected chi connectivity index (χ1v) is 9.86. The van der Waals surface area contributed by atoms with Crippen molar-refractivity contribution in [3.8, 4) is 11.5 Å². The van der Waals surface area contributed by atoms with Crippen molar-refractivity contribution >= 4 is 17.4 Å². The lowest BCUT2D eigenvalue weighted by atomic mass is 9.93. The summed E-state index contributed by atoms with van der Waals surface area (Å²) >= 11 is 6.27. The highest BCUT2D eigenvalue weighted by atomic mass is 35.5. The van der Waals surface area contributed by atoms with Gasteiger partial charge in [-0.25, -0.2) is 9.97 Å². The molecule has 1 aliphatic rings. The fourth-order valence-corrected chi connectivity index (χ4v) is 3.95. The van der Waals surface area contributed by atoms with Gasteiger partial charge >= 0.3 is 0 Å². The summed E-state index contributed by atoms with van der Waals surface area (Å²) in [5, 5.41) is 0.619. The Balaban J connectivity index is 1.48. The lowest BCUT2D eigenvalue weighted by molar-refractivity contribution is 0.0796. The van der Waals surface area contributed by atoms with Gasteiger partial charge in [0.25, 0.3) is 0 Å². The Labute approximate surface area is 169 Å². The number of carbonyl (C=O) groups excluding carboxylic acids is 1. The SMILES string of the molecule is Cc1oc(-c2ccccc2Cl)nc1CN1CCC[C@H](C(=O)c2nccn2C)C1. The van der Waals surface area contributed by atoms with E-state index in [9.17, 15) is 4.79 Å². The number of rotatable bonds is 5. The van der Waals surface area contributed by atoms with Crippen LogP contribution in [0, 0.1) is 12.8 Å². The molecule has 146 valence electrons. The van der Waals surface area contributed by atoms with Crippen molar-refractivity contribution in [2.24, 2.45) is 13.0 Å². The minimum Gasteiger partial charge on any atom is -0.441 e. The Kier molecular flexibility index (Phi) is 5.33. The van der Waals surface area contributed by atoms with E-state index in [0.29, 0.717) is 29.8 Å². The van der Waals surface area contributed by atoms with E-state index in [1.165, 1.54) is 0 Å². The summed E-state index contributed by atoms with van der Waals surface area (Å²) in [6.45, 7) is 4.23. The summed E-state index contributed by atoms with van der Waals surface area (Å²) in [7, 11) is 1.86. The first kappa shape index (κ1) is 18.9. The largest absolute Gasteiger partial charge is 0.441 e. The molecular weight excluding hydrogens is 376 g/mol. The van der Waals surface area contributed by atoms with E-state index in [4.69, 9.17) is 16.0 Å². The van der Waals surface area contributed by atoms with E-state index in [1.54, 1.807) is 10.8 Å². The molecule has 0 bridgehead atoms. The normalized spacial score (nSPS) is 17.8. The highest BCUT2D eigenvalue weighted by molar-refractivity contribution is 6.33. The third-order valence-corrected chi connectivity index (χ3v) is 5.62. The van der Waals surface area contributed by atoms with Crippen LogP contribution >= 0.6 is 11.6 Å². The van der Waals surface area contributed by atoms with Gasteiger partial charge in [0, 0.05) is 38.4 Å². The summed E-state index contributed by atoms with van der Waals surface area (Å²) in [5.74, 6) is 1.93. The Morgan fingerprint density at radius 1 is 1.36 bits per heavy atom. The first-order valence-electron chi connectivity index (χ1n) is 9.48. The summed E-state index contributed by atoms with van der Waals surface area (Å²) in [6, 6.07) is 7.53. The van der Waals surface area contributed by atoms with Gasteiger partial charge in [-0.05, 0) is 38.4 Å². The molecule has 7 heteroatoms. The number of hydrogen-bond donors (Lipinski definition) is 0. The third kappa shape index (κ3) is 3.75. The zero-order chi connectivity index (χ0) is 19.7. The van der Waals surface area contributed by atoms with Gasteiger partial charge in [-0.2, -0.15) is 0 Å². The molecule has 0 saturated carbocycles. The molecule has 1 aromatic carbocycles. The van der Waals surface area contributed by atoms with Crippen molar-refractivity contribution in [2.75, 3.05) is 13.1 Å². The predicted octanol–water partition coefficient (Wildman–Crippen LogP) is 4.13. The van der Waals surface area contributed by atoms with Crippen molar-refractivity contribution in [3.63, 3.8) is 0 Å². The molecule has 2 aromatic heterocycles. The summed E-state index contributed by atoms with van der Waals surface area (Å²) in [6.07, 6.45) is 5.35. The minimum atomic E-state index is -0.0369. The van der Waals surface area contributed by atoms with Crippen molar-refractivity contribution in [1.29, 1.82) is 0 Å². The second-order valence-electron chi connectivity index (χ2n) is 7.30. The monoisotopic (exact) mass is 398 g/mol. The fourth-order valence-electron chi connectivity index (χ4n) is 3.74. The maximum absolute atomic E-state index is 12.8. The summed E-state index contributed by atoms with van der Waals surface area (Å²) < 4.78 is 7.66. The number of carbonyl (C=O) groups is 1. The van der Waals surface area contributed by atoms with Gasteiger partial charge in [-0.15, -0.1) is 0 Å². The Morgan fingerprint density at radius 3 is 2.93 bits per heavy atom. The molecular formula is C21H23ClN4O2. The van der Waals surface area contributed by atoms with E-state index < -0.39 is 0 Å². The predicted molar refractivity (Wildman–Crippen MR) is 107 cm³/mol. The van der Waals surface area contributed by atoms with Crippen molar-refractivity contribution in [3.05, 3.63) is 59.0 Å². The quantitative estimate of drug-likeness (QED) is 0.604. The number of benzene rings is 1. The number of aryl methyl sites for hydroxylation is 2. The molecule has 1 atom stereocenters. The minimum absolute atomic E-state index is 0.0369. The third-order valence-electron chi connectivity index (χ3n) is 5.29. The van der Waals surface area contributed by atoms with Crippen LogP contribution in [0.2, 0.25) is 5.02 Å². The van der Waals surface area contributed by atoms with Crippen LogP contribution in [0.1, 0.15) is 34.9 Å². The Hall–Kier alpha value is -2.44. The number of ketones is 1. The smallest absolute Gasteiger partial charge is 0.228 e. The average molecular weight is 399 g/mol. The van der Waals surface area contributed by atoms with Crippen LogP contribution in [-0.4, -0.2) is 38.3 Å². The first-order chi connectivity index (χ1) is 13.5. The van der Waals surface area contributed by atoms with Gasteiger partial charge < -0.3 is 8.98 Å². The van der Waals surface area contributed by atoms with Crippen molar-refractivity contribution in [1.82, 2.24) is 19.4 Å². The van der Waals surface area contributed by atoms with Crippen molar-refractivity contribution in [2.45, 2.75) is 26.3 Å². The maximum atomic E-state index is 12.8. The van der Waals surface area contributed by atoms with Crippen LogP contribution < -0.4 is 0 Å². The number of nitrogens with zero attached hydrogens (tertiary/aromatic N) is 4. The molecule has 28 heavy (non-hydrogen) atoms. The molecule has 3 aromatic rings. The van der Waals surface area contributed by atoms with Crippen LogP contribution in [-0.2, 0) is 13.6 Å². The molecule has 0 N–H and O–H groups in total. The summed E-state index contributed by atoms with van der Waals surface area (Å²) in [4.78, 5) is 24.0. The fraction of sp³-hybridized carbons (Fsp3) is 0.381. The van der Waals surface area contributed by atoms with Crippen LogP contribution in [0.4, 0.5) is 0 Å². The number of Topliss-reactive ketones (excluding diaryl/α,β-unsaturated/α-hetero) is 1. The van der Waals surface area contributed by atoms with Crippen molar-refractivity contribution < 1.29 is 9.21 Å². The Morgan fingerprint density at radius 2 is 2.18 bits per heavy atom. The Bertz CT molecular complexity index is 994. The molecule has 3 heterocycles. The highest BCUT2D eigenvalue weighted by Crippen LogP contribution is 2.29. The molecule has 0 unspecified atom stereocenters. The molecule has 0 aliphatic carbocycles. The highest BCUT2D eigenvalue weighted by Gasteiger charge is 2.29. The topological polar surface area (TPSA) is 64.2 Å². The van der Waals surface area contributed by atoms with Gasteiger partial charge in [-0.1, -0.05) is 23.7 Å². The van der Waals surface area contributed by atoms with E-state index in [2.05, 4.69) is 14.9 Å². The molecule has 4 rings (SSSR count). The molecule has 1 fully saturated rings. The molecule has 0 spiro atoms. The van der Waals surface area contributed by atoms with Crippen LogP contribution in [0.25, 0.3) is 11.5 Å². The molecule has 6 nitrogen and oxygen atoms in total. The standard InChI is InChI=1S/C21H23ClN4O2/c1-14-18(24-21(28-14)16-7-3-4-8-17(16)22)13-26-10-5-6-15(12-26)19(27)20-23-9-11-25(20)2/h3-4,7-9,11,15H,5-6,10,12-13H2,1-2H3/t15-/m0/s1. The lowest BCUT2D eigenvalue weighted by Crippen LogP contribution is -2.39. The van der Waals surface area contributed by atoms with Crippen LogP contribution in [0.15, 0.2) is 41.1 Å². The number of aromatic nitrogens is 3. The molecule has 0 amide bonds. The number of halogens is 1. The number of likely N-dealkylation sites (tertiary alicyclic amines) is 1. The zero-order valence-electron chi connectivity index (χ0n) is 16.1. The van der Waals surface area contributed by atoms with E-state index in [0.717, 1.165) is 36.4 Å². The number of hydrogen-bond acceptors (Lipinski definition) is 5. The molecule has 1 saturated heterocycles. The zero-order valence-corrected chi connectivity index (χ0v) is 16.8. The lowest BCUT2D eigenvalue weighted by Gasteiger charge is -2.31. The second kappa shape index (κ2) is 7.89. The van der Waals surface area contributed by atoms with Gasteiger partial charge in [0.05, 0.1) is 16.3 Å². The average Bonchev–Trinajstić information content (AvgIpc) is 3.27. The molecule has 1 aliphatic heterocycles. The van der Waals surface area contributed by atoms with Crippen LogP contribution in [0.5, 0.6) is 0 Å².